The second kappa shape index (κ2) is 4.13. The fourth-order valence-electron chi connectivity index (χ4n) is 1.55. The molecule has 0 amide bonds. The van der Waals surface area contributed by atoms with Crippen molar-refractivity contribution in [3.8, 4) is 0 Å². The zero-order valence-corrected chi connectivity index (χ0v) is 10.5. The smallest absolute Gasteiger partial charge is 0.0579 e. The molecule has 3 heteroatoms. The quantitative estimate of drug-likeness (QED) is 0.545. The molecule has 0 radical (unpaired) electrons. The van der Waals surface area contributed by atoms with Crippen LogP contribution in [-0.4, -0.2) is 6.26 Å². The van der Waals surface area contributed by atoms with Crippen LogP contribution in [0.15, 0.2) is 23.1 Å². The average Bonchev–Trinajstić information content (AvgIpc) is 2.54. The van der Waals surface area contributed by atoms with Gasteiger partial charge in [0.2, 0.25) is 0 Å². The summed E-state index contributed by atoms with van der Waals surface area (Å²) >= 11 is 9.51. The lowest BCUT2D eigenvalue weighted by atomic mass is 10.2. The molecule has 0 atom stereocenters. The van der Waals surface area contributed by atoms with E-state index in [2.05, 4.69) is 31.4 Å². The second-order valence-electron chi connectivity index (χ2n) is 3.19. The van der Waals surface area contributed by atoms with Crippen LogP contribution in [0.1, 0.15) is 10.4 Å². The zero-order valence-electron chi connectivity index (χ0n) is 8.13. The topological polar surface area (TPSA) is 0 Å². The summed E-state index contributed by atoms with van der Waals surface area (Å²) in [5, 5.41) is 1.36. The van der Waals surface area contributed by atoms with Crippen LogP contribution in [0.3, 0.4) is 0 Å². The maximum Gasteiger partial charge on any atom is 0.0579 e. The summed E-state index contributed by atoms with van der Waals surface area (Å²) in [6, 6.07) is 6.58. The van der Waals surface area contributed by atoms with Crippen molar-refractivity contribution in [2.75, 3.05) is 6.26 Å². The number of fused-ring (bicyclic) bond motifs is 1. The molecule has 0 nitrogen and oxygen atoms in total. The van der Waals surface area contributed by atoms with Crippen LogP contribution < -0.4 is 0 Å². The summed E-state index contributed by atoms with van der Waals surface area (Å²) in [5.74, 6) is 0.620. The second-order valence-corrected chi connectivity index (χ2v) is 5.41. The molecule has 0 aliphatic rings. The summed E-state index contributed by atoms with van der Waals surface area (Å²) in [5.41, 5.74) is 1.31. The van der Waals surface area contributed by atoms with E-state index in [-0.39, 0.29) is 0 Å². The molecule has 1 aromatic carbocycles. The molecule has 1 heterocycles. The highest BCUT2D eigenvalue weighted by Gasteiger charge is 2.09. The van der Waals surface area contributed by atoms with Crippen molar-refractivity contribution in [3.05, 3.63) is 28.6 Å². The largest absolute Gasteiger partial charge is 0.138 e. The molecule has 2 rings (SSSR count). The van der Waals surface area contributed by atoms with Crippen LogP contribution in [0, 0.1) is 6.92 Å². The van der Waals surface area contributed by atoms with Gasteiger partial charge in [0.05, 0.1) is 5.88 Å². The Morgan fingerprint density at radius 3 is 2.86 bits per heavy atom. The molecule has 0 saturated carbocycles. The maximum atomic E-state index is 5.92. The third-order valence-electron chi connectivity index (χ3n) is 2.19. The highest BCUT2D eigenvalue weighted by molar-refractivity contribution is 7.99. The third kappa shape index (κ3) is 1.67. The molecule has 14 heavy (non-hydrogen) atoms. The van der Waals surface area contributed by atoms with Crippen LogP contribution in [0.25, 0.3) is 10.1 Å². The minimum absolute atomic E-state index is 0.620. The average molecular weight is 243 g/mol. The van der Waals surface area contributed by atoms with Gasteiger partial charge in [-0.25, -0.2) is 0 Å². The highest BCUT2D eigenvalue weighted by Crippen LogP contribution is 2.38. The fourth-order valence-corrected chi connectivity index (χ4v) is 3.99. The summed E-state index contributed by atoms with van der Waals surface area (Å²) in [4.78, 5) is 2.64. The lowest BCUT2D eigenvalue weighted by molar-refractivity contribution is 1.39. The summed E-state index contributed by atoms with van der Waals surface area (Å²) in [7, 11) is 0. The Bertz CT molecular complexity index is 460. The van der Waals surface area contributed by atoms with E-state index in [1.807, 2.05) is 0 Å². The molecule has 74 valence electrons. The molecule has 0 unspecified atom stereocenters. The molecule has 0 aliphatic heterocycles. The molecule has 0 N–H and O–H groups in total. The van der Waals surface area contributed by atoms with E-state index in [1.54, 1.807) is 23.1 Å². The number of halogens is 1. The van der Waals surface area contributed by atoms with Crippen LogP contribution in [-0.2, 0) is 5.88 Å². The van der Waals surface area contributed by atoms with Gasteiger partial charge in [0, 0.05) is 19.9 Å². The van der Waals surface area contributed by atoms with Gasteiger partial charge in [0.25, 0.3) is 0 Å². The zero-order chi connectivity index (χ0) is 10.1. The van der Waals surface area contributed by atoms with Gasteiger partial charge in [-0.1, -0.05) is 11.6 Å². The Labute approximate surface area is 97.3 Å². The first-order chi connectivity index (χ1) is 6.76. The number of rotatable bonds is 2. The van der Waals surface area contributed by atoms with Crippen molar-refractivity contribution in [1.82, 2.24) is 0 Å². The normalized spacial score (nSPS) is 11.1. The highest BCUT2D eigenvalue weighted by atomic mass is 35.5. The van der Waals surface area contributed by atoms with Gasteiger partial charge in [-0.3, -0.25) is 0 Å². The third-order valence-corrected chi connectivity index (χ3v) is 4.79. The summed E-state index contributed by atoms with van der Waals surface area (Å²) < 4.78 is 1.34. The number of thioether (sulfide) groups is 1. The Kier molecular flexibility index (Phi) is 3.05. The fraction of sp³-hybridized carbons (Fsp3) is 0.273. The monoisotopic (exact) mass is 242 g/mol. The standard InChI is InChI=1S/C11H11ClS2/c1-7-3-4-9-8(5-7)11(13-2)10(6-12)14-9/h3-5H,6H2,1-2H3. The van der Waals surface area contributed by atoms with E-state index in [0.29, 0.717) is 5.88 Å². The van der Waals surface area contributed by atoms with E-state index in [9.17, 15) is 0 Å². The maximum absolute atomic E-state index is 5.92. The van der Waals surface area contributed by atoms with Gasteiger partial charge >= 0.3 is 0 Å². The number of hydrogen-bond acceptors (Lipinski definition) is 2. The van der Waals surface area contributed by atoms with Crippen molar-refractivity contribution in [2.24, 2.45) is 0 Å². The van der Waals surface area contributed by atoms with E-state index < -0.39 is 0 Å². The van der Waals surface area contributed by atoms with Crippen molar-refractivity contribution < 1.29 is 0 Å². The minimum atomic E-state index is 0.620. The lowest BCUT2D eigenvalue weighted by Crippen LogP contribution is -1.74. The van der Waals surface area contributed by atoms with E-state index in [4.69, 9.17) is 11.6 Å². The first-order valence-electron chi connectivity index (χ1n) is 4.38. The Hall–Kier alpha value is -0.180. The molecule has 0 bridgehead atoms. The van der Waals surface area contributed by atoms with Crippen molar-refractivity contribution in [1.29, 1.82) is 0 Å². The Balaban J connectivity index is 2.74. The van der Waals surface area contributed by atoms with Gasteiger partial charge < -0.3 is 0 Å². The molecule has 0 aliphatic carbocycles. The Morgan fingerprint density at radius 2 is 2.21 bits per heavy atom. The van der Waals surface area contributed by atoms with E-state index >= 15 is 0 Å². The van der Waals surface area contributed by atoms with Gasteiger partial charge in [0.1, 0.15) is 0 Å². The van der Waals surface area contributed by atoms with Gasteiger partial charge in [-0.15, -0.1) is 34.7 Å². The molecule has 2 aromatic rings. The van der Waals surface area contributed by atoms with Gasteiger partial charge in [-0.2, -0.15) is 0 Å². The number of aryl methyl sites for hydroxylation is 1. The lowest BCUT2D eigenvalue weighted by Gasteiger charge is -1.97. The molecule has 0 saturated heterocycles. The van der Waals surface area contributed by atoms with E-state index in [0.717, 1.165) is 0 Å². The molecule has 0 spiro atoms. The first kappa shape index (κ1) is 10.3. The summed E-state index contributed by atoms with van der Waals surface area (Å²) in [6.07, 6.45) is 2.11. The minimum Gasteiger partial charge on any atom is -0.138 e. The van der Waals surface area contributed by atoms with Gasteiger partial charge in [-0.05, 0) is 25.3 Å². The van der Waals surface area contributed by atoms with Crippen LogP contribution in [0.5, 0.6) is 0 Å². The summed E-state index contributed by atoms with van der Waals surface area (Å²) in [6.45, 7) is 2.13. The molecular formula is C11H11ClS2. The van der Waals surface area contributed by atoms with E-state index in [1.165, 1.54) is 25.4 Å². The number of alkyl halides is 1. The van der Waals surface area contributed by atoms with Crippen molar-refractivity contribution in [2.45, 2.75) is 17.7 Å². The SMILES string of the molecule is CSc1c(CCl)sc2ccc(C)cc12. The molecule has 0 fully saturated rings. The first-order valence-corrected chi connectivity index (χ1v) is 6.96. The van der Waals surface area contributed by atoms with Crippen LogP contribution in [0.2, 0.25) is 0 Å². The van der Waals surface area contributed by atoms with Crippen LogP contribution >= 0.6 is 34.7 Å². The van der Waals surface area contributed by atoms with Crippen molar-refractivity contribution >= 4 is 44.8 Å². The molecular weight excluding hydrogens is 232 g/mol. The number of hydrogen-bond donors (Lipinski definition) is 0. The van der Waals surface area contributed by atoms with Crippen LogP contribution in [0.4, 0.5) is 0 Å². The predicted octanol–water partition coefficient (Wildman–Crippen LogP) is 4.67. The predicted molar refractivity (Wildman–Crippen MR) is 67.9 cm³/mol. The van der Waals surface area contributed by atoms with Gasteiger partial charge in [0.15, 0.2) is 0 Å². The number of thiophene rings is 1. The molecule has 1 aromatic heterocycles. The Morgan fingerprint density at radius 1 is 1.43 bits per heavy atom. The van der Waals surface area contributed by atoms with Crippen molar-refractivity contribution in [3.63, 3.8) is 0 Å². The number of benzene rings is 1.